The van der Waals surface area contributed by atoms with Crippen molar-refractivity contribution in [1.29, 1.82) is 0 Å². The number of amides is 2. The molecule has 0 aromatic heterocycles. The Bertz CT molecular complexity index is 1320. The molecule has 2 unspecified atom stereocenters. The van der Waals surface area contributed by atoms with E-state index in [1.54, 1.807) is 12.1 Å². The molecule has 2 atom stereocenters. The van der Waals surface area contributed by atoms with Crippen LogP contribution in [0.25, 0.3) is 0 Å². The third-order valence-corrected chi connectivity index (χ3v) is 7.33. The van der Waals surface area contributed by atoms with Crippen LogP contribution in [0.3, 0.4) is 0 Å². The first kappa shape index (κ1) is 30.3. The van der Waals surface area contributed by atoms with E-state index in [4.69, 9.17) is 28.4 Å². The number of hydrogen-bond donors (Lipinski definition) is 1. The molecule has 0 saturated carbocycles. The minimum Gasteiger partial charge on any atom is -0.489 e. The zero-order chi connectivity index (χ0) is 30.9. The Balaban J connectivity index is 1.21. The second-order valence-electron chi connectivity index (χ2n) is 11.7. The highest BCUT2D eigenvalue weighted by molar-refractivity contribution is 6.08. The lowest BCUT2D eigenvalue weighted by atomic mass is 10.2. The van der Waals surface area contributed by atoms with Gasteiger partial charge in [0.25, 0.3) is 0 Å². The molecule has 0 spiro atoms. The summed E-state index contributed by atoms with van der Waals surface area (Å²) in [7, 11) is 0. The van der Waals surface area contributed by atoms with Crippen LogP contribution in [0.1, 0.15) is 53.9 Å². The SMILES string of the molecule is CC(C(=O)O)N1C(=O)CC(N(CCCOc2cccc3c2OC(C)(C)O3)CCCOc2cccc3c2OC(C)(C)O3)C1=O. The molecule has 3 heterocycles. The Kier molecular flexibility index (Phi) is 8.33. The predicted octanol–water partition coefficient (Wildman–Crippen LogP) is 3.84. The van der Waals surface area contributed by atoms with Crippen molar-refractivity contribution in [2.45, 2.75) is 77.5 Å². The van der Waals surface area contributed by atoms with Crippen LogP contribution in [-0.2, 0) is 14.4 Å². The molecule has 43 heavy (non-hydrogen) atoms. The molecule has 3 aliphatic heterocycles. The molecule has 2 amide bonds. The summed E-state index contributed by atoms with van der Waals surface area (Å²) in [6.07, 6.45) is 0.985. The molecule has 0 aliphatic carbocycles. The van der Waals surface area contributed by atoms with Gasteiger partial charge in [0.05, 0.1) is 25.7 Å². The number of imide groups is 1. The molecule has 12 nitrogen and oxygen atoms in total. The first-order chi connectivity index (χ1) is 20.3. The maximum absolute atomic E-state index is 13.3. The van der Waals surface area contributed by atoms with E-state index < -0.39 is 41.4 Å². The molecule has 232 valence electrons. The second kappa shape index (κ2) is 11.8. The summed E-state index contributed by atoms with van der Waals surface area (Å²) in [5, 5.41) is 9.43. The third-order valence-electron chi connectivity index (χ3n) is 7.33. The Morgan fingerprint density at radius 3 is 1.86 bits per heavy atom. The summed E-state index contributed by atoms with van der Waals surface area (Å²) in [5.41, 5.74) is 0. The van der Waals surface area contributed by atoms with Crippen molar-refractivity contribution in [2.75, 3.05) is 26.3 Å². The van der Waals surface area contributed by atoms with E-state index in [-0.39, 0.29) is 6.42 Å². The Morgan fingerprint density at radius 1 is 0.907 bits per heavy atom. The first-order valence-corrected chi connectivity index (χ1v) is 14.5. The molecule has 2 aromatic rings. The van der Waals surface area contributed by atoms with Gasteiger partial charge in [-0.15, -0.1) is 0 Å². The quantitative estimate of drug-likeness (QED) is 0.266. The number of para-hydroxylation sites is 2. The summed E-state index contributed by atoms with van der Waals surface area (Å²) >= 11 is 0. The number of aliphatic carboxylic acids is 1. The highest BCUT2D eigenvalue weighted by Gasteiger charge is 2.45. The van der Waals surface area contributed by atoms with E-state index in [1.807, 2.05) is 56.9 Å². The average Bonchev–Trinajstić information content (AvgIpc) is 3.54. The fourth-order valence-corrected chi connectivity index (χ4v) is 5.40. The van der Waals surface area contributed by atoms with Crippen LogP contribution in [0.2, 0.25) is 0 Å². The van der Waals surface area contributed by atoms with Crippen LogP contribution in [-0.4, -0.2) is 82.7 Å². The van der Waals surface area contributed by atoms with Gasteiger partial charge in [-0.2, -0.15) is 0 Å². The summed E-state index contributed by atoms with van der Waals surface area (Å²) in [5.74, 6) is -0.400. The molecule has 0 bridgehead atoms. The van der Waals surface area contributed by atoms with Gasteiger partial charge in [-0.25, -0.2) is 4.79 Å². The van der Waals surface area contributed by atoms with E-state index in [1.165, 1.54) is 6.92 Å². The van der Waals surface area contributed by atoms with Crippen molar-refractivity contribution in [2.24, 2.45) is 0 Å². The summed E-state index contributed by atoms with van der Waals surface area (Å²) in [6, 6.07) is 8.88. The Morgan fingerprint density at radius 2 is 1.40 bits per heavy atom. The van der Waals surface area contributed by atoms with E-state index >= 15 is 0 Å². The minimum atomic E-state index is -1.24. The minimum absolute atomic E-state index is 0.0862. The first-order valence-electron chi connectivity index (χ1n) is 14.5. The molecule has 3 aliphatic rings. The van der Waals surface area contributed by atoms with Crippen molar-refractivity contribution in [3.63, 3.8) is 0 Å². The zero-order valence-corrected chi connectivity index (χ0v) is 25.1. The number of benzene rings is 2. The monoisotopic (exact) mass is 598 g/mol. The third kappa shape index (κ3) is 6.58. The van der Waals surface area contributed by atoms with Crippen molar-refractivity contribution < 1.29 is 47.9 Å². The number of rotatable bonds is 13. The summed E-state index contributed by atoms with van der Waals surface area (Å²) in [4.78, 5) is 40.3. The summed E-state index contributed by atoms with van der Waals surface area (Å²) < 4.78 is 35.4. The molecular weight excluding hydrogens is 560 g/mol. The molecule has 2 aromatic carbocycles. The molecule has 12 heteroatoms. The number of carbonyl (C=O) groups is 3. The van der Waals surface area contributed by atoms with Gasteiger partial charge in [0, 0.05) is 40.8 Å². The lowest BCUT2D eigenvalue weighted by Crippen LogP contribution is -2.47. The predicted molar refractivity (Wildman–Crippen MR) is 153 cm³/mol. The number of likely N-dealkylation sites (tertiary alicyclic amines) is 1. The zero-order valence-electron chi connectivity index (χ0n) is 25.1. The number of ether oxygens (including phenoxy) is 6. The van der Waals surface area contributed by atoms with Crippen LogP contribution in [0.15, 0.2) is 36.4 Å². The van der Waals surface area contributed by atoms with E-state index in [0.29, 0.717) is 73.6 Å². The fraction of sp³-hybridized carbons (Fsp3) is 0.516. The lowest BCUT2D eigenvalue weighted by molar-refractivity contribution is -0.154. The largest absolute Gasteiger partial charge is 0.489 e. The average molecular weight is 599 g/mol. The van der Waals surface area contributed by atoms with Gasteiger partial charge in [-0.05, 0) is 44.0 Å². The molecule has 5 rings (SSSR count). The van der Waals surface area contributed by atoms with Crippen molar-refractivity contribution >= 4 is 17.8 Å². The molecule has 1 fully saturated rings. The maximum atomic E-state index is 13.3. The van der Waals surface area contributed by atoms with Gasteiger partial charge >= 0.3 is 5.97 Å². The van der Waals surface area contributed by atoms with Crippen molar-refractivity contribution in [3.05, 3.63) is 36.4 Å². The van der Waals surface area contributed by atoms with Crippen LogP contribution < -0.4 is 28.4 Å². The number of fused-ring (bicyclic) bond motifs is 2. The smallest absolute Gasteiger partial charge is 0.326 e. The standard InChI is InChI=1S/C31H38N2O10/c1-19(29(36)37)33-25(34)18-20(28(33)35)32(14-8-16-38-21-10-6-12-23-26(21)42-30(2,3)40-23)15-9-17-39-22-11-7-13-24-27(22)43-31(4,5)41-24/h6-7,10-13,19-20H,8-9,14-18H2,1-5H3,(H,36,37). The van der Waals surface area contributed by atoms with E-state index in [0.717, 1.165) is 4.90 Å². The maximum Gasteiger partial charge on any atom is 0.326 e. The van der Waals surface area contributed by atoms with Gasteiger partial charge in [0.1, 0.15) is 6.04 Å². The second-order valence-corrected chi connectivity index (χ2v) is 11.7. The number of carboxylic acids is 1. The number of hydrogen-bond acceptors (Lipinski definition) is 10. The van der Waals surface area contributed by atoms with Gasteiger partial charge in [-0.1, -0.05) is 12.1 Å². The van der Waals surface area contributed by atoms with Crippen molar-refractivity contribution in [1.82, 2.24) is 9.80 Å². The van der Waals surface area contributed by atoms with Crippen LogP contribution in [0.4, 0.5) is 0 Å². The molecule has 0 radical (unpaired) electrons. The van der Waals surface area contributed by atoms with E-state index in [9.17, 15) is 19.5 Å². The highest BCUT2D eigenvalue weighted by Crippen LogP contribution is 2.46. The van der Waals surface area contributed by atoms with Gasteiger partial charge in [0.2, 0.25) is 34.9 Å². The number of nitrogens with zero attached hydrogens (tertiary/aromatic N) is 2. The number of carbonyl (C=O) groups excluding carboxylic acids is 2. The van der Waals surface area contributed by atoms with Crippen molar-refractivity contribution in [3.8, 4) is 34.5 Å². The topological polar surface area (TPSA) is 133 Å². The molecule has 1 N–H and O–H groups in total. The Labute approximate surface area is 250 Å². The van der Waals surface area contributed by atoms with E-state index in [2.05, 4.69) is 0 Å². The van der Waals surface area contributed by atoms with Crippen LogP contribution in [0, 0.1) is 0 Å². The molecule has 1 saturated heterocycles. The van der Waals surface area contributed by atoms with Gasteiger partial charge in [-0.3, -0.25) is 19.4 Å². The van der Waals surface area contributed by atoms with Crippen LogP contribution >= 0.6 is 0 Å². The fourth-order valence-electron chi connectivity index (χ4n) is 5.40. The number of carboxylic acid groups (broad SMARTS) is 1. The lowest BCUT2D eigenvalue weighted by Gasteiger charge is -2.28. The van der Waals surface area contributed by atoms with Gasteiger partial charge < -0.3 is 33.5 Å². The normalized spacial score (nSPS) is 20.0. The summed E-state index contributed by atoms with van der Waals surface area (Å²) in [6.45, 7) is 10.1. The Hall–Kier alpha value is -4.19. The van der Waals surface area contributed by atoms with Crippen LogP contribution in [0.5, 0.6) is 34.5 Å². The highest BCUT2D eigenvalue weighted by atomic mass is 16.7. The van der Waals surface area contributed by atoms with Gasteiger partial charge in [0.15, 0.2) is 23.0 Å². The molecular formula is C31H38N2O10.